The van der Waals surface area contributed by atoms with Gasteiger partial charge < -0.3 is 14.2 Å². The van der Waals surface area contributed by atoms with Gasteiger partial charge in [-0.3, -0.25) is 0 Å². The molecule has 0 bridgehead atoms. The number of unbranched alkanes of at least 4 members (excludes halogenated alkanes) is 2. The van der Waals surface area contributed by atoms with Gasteiger partial charge in [-0.05, 0) is 68.2 Å². The Hall–Kier alpha value is -1.98. The van der Waals surface area contributed by atoms with Crippen molar-refractivity contribution in [3.63, 3.8) is 0 Å². The molecular weight excluding hydrogens is 434 g/mol. The molecule has 2 heterocycles. The smallest absolute Gasteiger partial charge is 0.200 e. The summed E-state index contributed by atoms with van der Waals surface area (Å²) in [6.07, 6.45) is 8.65. The maximum Gasteiger partial charge on any atom is 0.200 e. The maximum absolute atomic E-state index is 14.6. The van der Waals surface area contributed by atoms with Crippen molar-refractivity contribution in [2.75, 3.05) is 19.8 Å². The Balaban J connectivity index is 1.25. The van der Waals surface area contributed by atoms with Crippen LogP contribution in [-0.2, 0) is 15.9 Å². The van der Waals surface area contributed by atoms with Crippen LogP contribution in [0.4, 0.5) is 8.78 Å². The Kier molecular flexibility index (Phi) is 8.96. The molecule has 0 amide bonds. The number of ether oxygens (including phenoxy) is 3. The normalized spacial score (nSPS) is 25.3. The summed E-state index contributed by atoms with van der Waals surface area (Å²) in [5.74, 6) is -1.47. The summed E-state index contributed by atoms with van der Waals surface area (Å²) in [6.45, 7) is 5.39. The molecule has 4 atom stereocenters. The van der Waals surface area contributed by atoms with Gasteiger partial charge in [0.1, 0.15) is 0 Å². The minimum Gasteiger partial charge on any atom is -0.491 e. The largest absolute Gasteiger partial charge is 0.491 e. The molecule has 2 aromatic carbocycles. The van der Waals surface area contributed by atoms with E-state index in [-0.39, 0.29) is 23.9 Å². The first kappa shape index (κ1) is 25.1. The standard InChI is InChI=1S/C29H38F2O3/c1-3-5-6-7-20-8-10-21(11-9-20)22-12-15-25(33-18-22)26-16-13-23(19-34-26)24-14-17-27(32-4-2)29(31)28(24)30/h8-11,14,17,22-23,25-26H,3-7,12-13,15-16,18-19H2,1-2H3. The molecule has 2 fully saturated rings. The number of rotatable bonds is 9. The summed E-state index contributed by atoms with van der Waals surface area (Å²) >= 11 is 0. The average Bonchev–Trinajstić information content (AvgIpc) is 2.88. The van der Waals surface area contributed by atoms with Gasteiger partial charge in [-0.15, -0.1) is 0 Å². The molecule has 4 unspecified atom stereocenters. The minimum atomic E-state index is -0.905. The van der Waals surface area contributed by atoms with Crippen LogP contribution in [0.5, 0.6) is 5.75 Å². The zero-order chi connectivity index (χ0) is 23.9. The predicted molar refractivity (Wildman–Crippen MR) is 131 cm³/mol. The molecule has 0 radical (unpaired) electrons. The van der Waals surface area contributed by atoms with Gasteiger partial charge in [0.25, 0.3) is 0 Å². The fraction of sp³-hybridized carbons (Fsp3) is 0.586. The van der Waals surface area contributed by atoms with Gasteiger partial charge >= 0.3 is 0 Å². The van der Waals surface area contributed by atoms with E-state index < -0.39 is 11.6 Å². The summed E-state index contributed by atoms with van der Waals surface area (Å²) in [5, 5.41) is 0. The van der Waals surface area contributed by atoms with Crippen molar-refractivity contribution in [1.82, 2.24) is 0 Å². The predicted octanol–water partition coefficient (Wildman–Crippen LogP) is 7.32. The second-order valence-corrected chi connectivity index (χ2v) is 9.70. The number of hydrogen-bond donors (Lipinski definition) is 0. The second kappa shape index (κ2) is 12.1. The third kappa shape index (κ3) is 5.98. The number of halogens is 2. The van der Waals surface area contributed by atoms with E-state index in [9.17, 15) is 8.78 Å². The molecule has 0 aromatic heterocycles. The number of benzene rings is 2. The van der Waals surface area contributed by atoms with Gasteiger partial charge in [0, 0.05) is 11.8 Å². The lowest BCUT2D eigenvalue weighted by molar-refractivity contribution is -0.116. The van der Waals surface area contributed by atoms with E-state index in [1.807, 2.05) is 0 Å². The van der Waals surface area contributed by atoms with Crippen LogP contribution in [-0.4, -0.2) is 32.0 Å². The van der Waals surface area contributed by atoms with Crippen LogP contribution >= 0.6 is 0 Å². The lowest BCUT2D eigenvalue weighted by Crippen LogP contribution is -2.40. The monoisotopic (exact) mass is 472 g/mol. The molecule has 0 aliphatic carbocycles. The highest BCUT2D eigenvalue weighted by molar-refractivity contribution is 5.33. The quantitative estimate of drug-likeness (QED) is 0.358. The van der Waals surface area contributed by atoms with Crippen LogP contribution in [0, 0.1) is 11.6 Å². The van der Waals surface area contributed by atoms with Crippen molar-refractivity contribution in [3.05, 3.63) is 64.7 Å². The first-order valence-corrected chi connectivity index (χ1v) is 13.0. The van der Waals surface area contributed by atoms with Gasteiger partial charge in [0.05, 0.1) is 32.0 Å². The van der Waals surface area contributed by atoms with Gasteiger partial charge in [0.2, 0.25) is 5.82 Å². The molecule has 2 aliphatic heterocycles. The van der Waals surface area contributed by atoms with Gasteiger partial charge in [-0.1, -0.05) is 50.1 Å². The summed E-state index contributed by atoms with van der Waals surface area (Å²) in [7, 11) is 0. The van der Waals surface area contributed by atoms with Crippen molar-refractivity contribution in [2.45, 2.75) is 89.3 Å². The lowest BCUT2D eigenvalue weighted by Gasteiger charge is -2.38. The zero-order valence-corrected chi connectivity index (χ0v) is 20.5. The van der Waals surface area contributed by atoms with Crippen molar-refractivity contribution in [1.29, 1.82) is 0 Å². The van der Waals surface area contributed by atoms with Crippen molar-refractivity contribution in [3.8, 4) is 5.75 Å². The van der Waals surface area contributed by atoms with E-state index in [1.54, 1.807) is 13.0 Å². The fourth-order valence-electron chi connectivity index (χ4n) is 5.30. The summed E-state index contributed by atoms with van der Waals surface area (Å²) in [4.78, 5) is 0. The number of aryl methyl sites for hydroxylation is 1. The van der Waals surface area contributed by atoms with E-state index >= 15 is 0 Å². The molecule has 2 saturated heterocycles. The molecule has 0 N–H and O–H groups in total. The van der Waals surface area contributed by atoms with Crippen molar-refractivity contribution >= 4 is 0 Å². The Morgan fingerprint density at radius 1 is 0.794 bits per heavy atom. The highest BCUT2D eigenvalue weighted by Gasteiger charge is 2.34. The fourth-order valence-corrected chi connectivity index (χ4v) is 5.30. The Morgan fingerprint density at radius 2 is 1.47 bits per heavy atom. The van der Waals surface area contributed by atoms with Crippen molar-refractivity contribution in [2.24, 2.45) is 0 Å². The lowest BCUT2D eigenvalue weighted by atomic mass is 9.85. The maximum atomic E-state index is 14.6. The SMILES string of the molecule is CCCCCc1ccc(C2CCC(C3CCC(c4ccc(OCC)c(F)c4F)CO3)OC2)cc1. The second-order valence-electron chi connectivity index (χ2n) is 9.70. The molecule has 34 heavy (non-hydrogen) atoms. The third-order valence-electron chi connectivity index (χ3n) is 7.37. The third-order valence-corrected chi connectivity index (χ3v) is 7.37. The molecule has 0 saturated carbocycles. The van der Waals surface area contributed by atoms with E-state index in [0.717, 1.165) is 32.1 Å². The summed E-state index contributed by atoms with van der Waals surface area (Å²) < 4.78 is 46.4. The van der Waals surface area contributed by atoms with E-state index in [4.69, 9.17) is 14.2 Å². The molecule has 3 nitrogen and oxygen atoms in total. The molecule has 2 aliphatic rings. The van der Waals surface area contributed by atoms with Gasteiger partial charge in [-0.25, -0.2) is 4.39 Å². The van der Waals surface area contributed by atoms with Crippen LogP contribution in [0.2, 0.25) is 0 Å². The zero-order valence-electron chi connectivity index (χ0n) is 20.5. The topological polar surface area (TPSA) is 27.7 Å². The molecular formula is C29H38F2O3. The molecule has 5 heteroatoms. The Labute approximate surface area is 202 Å². The summed E-state index contributed by atoms with van der Waals surface area (Å²) in [5.41, 5.74) is 3.15. The Bertz CT molecular complexity index is 898. The van der Waals surface area contributed by atoms with Gasteiger partial charge in [0.15, 0.2) is 11.6 Å². The summed E-state index contributed by atoms with van der Waals surface area (Å²) in [6, 6.07) is 12.2. The number of hydrogen-bond acceptors (Lipinski definition) is 3. The first-order valence-electron chi connectivity index (χ1n) is 13.0. The molecule has 4 rings (SSSR count). The van der Waals surface area contributed by atoms with E-state index in [2.05, 4.69) is 31.2 Å². The first-order chi connectivity index (χ1) is 16.6. The van der Waals surface area contributed by atoms with Crippen LogP contribution in [0.25, 0.3) is 0 Å². The van der Waals surface area contributed by atoms with E-state index in [1.165, 1.54) is 36.5 Å². The highest BCUT2D eigenvalue weighted by Crippen LogP contribution is 2.37. The molecule has 186 valence electrons. The highest BCUT2D eigenvalue weighted by atomic mass is 19.2. The molecule has 2 aromatic rings. The van der Waals surface area contributed by atoms with Crippen LogP contribution in [0.1, 0.15) is 87.3 Å². The molecule has 0 spiro atoms. The minimum absolute atomic E-state index is 0.0220. The van der Waals surface area contributed by atoms with E-state index in [0.29, 0.717) is 31.3 Å². The van der Waals surface area contributed by atoms with Crippen LogP contribution < -0.4 is 4.74 Å². The Morgan fingerprint density at radius 3 is 2.06 bits per heavy atom. The van der Waals surface area contributed by atoms with Crippen LogP contribution in [0.15, 0.2) is 36.4 Å². The van der Waals surface area contributed by atoms with Crippen LogP contribution in [0.3, 0.4) is 0 Å². The van der Waals surface area contributed by atoms with Gasteiger partial charge in [-0.2, -0.15) is 4.39 Å². The average molecular weight is 473 g/mol. The van der Waals surface area contributed by atoms with Crippen molar-refractivity contribution < 1.29 is 23.0 Å².